The van der Waals surface area contributed by atoms with E-state index in [2.05, 4.69) is 6.07 Å². The van der Waals surface area contributed by atoms with E-state index in [4.69, 9.17) is 0 Å². The van der Waals surface area contributed by atoms with Crippen molar-refractivity contribution in [1.82, 2.24) is 0 Å². The zero-order valence-corrected chi connectivity index (χ0v) is 12.3. The molecule has 0 aliphatic carbocycles. The van der Waals surface area contributed by atoms with Gasteiger partial charge in [0.15, 0.2) is 0 Å². The number of aliphatic hydroxyl groups is 1. The zero-order valence-electron chi connectivity index (χ0n) is 12.3. The van der Waals surface area contributed by atoms with Crippen molar-refractivity contribution in [2.45, 2.75) is 26.9 Å². The Morgan fingerprint density at radius 2 is 1.85 bits per heavy atom. The molecule has 0 amide bonds. The Kier molecular flexibility index (Phi) is 4.09. The molecular formula is C17H20FNO. The van der Waals surface area contributed by atoms with Crippen molar-refractivity contribution in [2.75, 3.05) is 11.9 Å². The summed E-state index contributed by atoms with van der Waals surface area (Å²) in [7, 11) is 1.92. The molecule has 0 saturated heterocycles. The number of anilines is 2. The van der Waals surface area contributed by atoms with Gasteiger partial charge in [-0.25, -0.2) is 4.39 Å². The summed E-state index contributed by atoms with van der Waals surface area (Å²) in [5.41, 5.74) is 4.16. The second kappa shape index (κ2) is 5.63. The molecule has 1 N–H and O–H groups in total. The van der Waals surface area contributed by atoms with Crippen molar-refractivity contribution in [3.8, 4) is 0 Å². The number of hydrogen-bond acceptors (Lipinski definition) is 2. The highest BCUT2D eigenvalue weighted by Gasteiger charge is 2.16. The highest BCUT2D eigenvalue weighted by molar-refractivity contribution is 5.67. The summed E-state index contributed by atoms with van der Waals surface area (Å²) in [4.78, 5) is 1.97. The van der Waals surface area contributed by atoms with E-state index in [9.17, 15) is 9.50 Å². The lowest BCUT2D eigenvalue weighted by Gasteiger charge is -2.25. The third-order valence-corrected chi connectivity index (χ3v) is 3.51. The van der Waals surface area contributed by atoms with Gasteiger partial charge in [0, 0.05) is 24.0 Å². The molecule has 106 valence electrons. The van der Waals surface area contributed by atoms with E-state index in [0.717, 1.165) is 16.9 Å². The first kappa shape index (κ1) is 14.5. The number of nitrogens with zero attached hydrogens (tertiary/aromatic N) is 1. The molecule has 0 bridgehead atoms. The number of aliphatic hydroxyl groups excluding tert-OH is 1. The van der Waals surface area contributed by atoms with Crippen LogP contribution in [-0.2, 0) is 0 Å². The van der Waals surface area contributed by atoms with Gasteiger partial charge in [0.2, 0.25) is 0 Å². The third-order valence-electron chi connectivity index (χ3n) is 3.51. The first-order chi connectivity index (χ1) is 9.40. The molecule has 0 fully saturated rings. The predicted octanol–water partition coefficient (Wildman–Crippen LogP) is 4.26. The van der Waals surface area contributed by atoms with E-state index in [-0.39, 0.29) is 5.82 Å². The maximum Gasteiger partial charge on any atom is 0.126 e. The van der Waals surface area contributed by atoms with Crippen LogP contribution in [0.2, 0.25) is 0 Å². The first-order valence-corrected chi connectivity index (χ1v) is 6.68. The van der Waals surface area contributed by atoms with Crippen LogP contribution in [0.15, 0.2) is 36.4 Å². The largest absolute Gasteiger partial charge is 0.389 e. The van der Waals surface area contributed by atoms with Gasteiger partial charge in [-0.3, -0.25) is 0 Å². The maximum absolute atomic E-state index is 13.7. The second-order valence-electron chi connectivity index (χ2n) is 5.23. The van der Waals surface area contributed by atoms with Gasteiger partial charge in [-0.15, -0.1) is 0 Å². The minimum atomic E-state index is -0.715. The molecular weight excluding hydrogens is 253 g/mol. The van der Waals surface area contributed by atoms with E-state index in [1.165, 1.54) is 6.07 Å². The highest BCUT2D eigenvalue weighted by atomic mass is 19.1. The molecule has 1 atom stereocenters. The summed E-state index contributed by atoms with van der Waals surface area (Å²) < 4.78 is 13.7. The van der Waals surface area contributed by atoms with E-state index < -0.39 is 6.10 Å². The summed E-state index contributed by atoms with van der Waals surface area (Å²) in [6, 6.07) is 11.3. The zero-order chi connectivity index (χ0) is 14.9. The molecule has 0 saturated carbocycles. The maximum atomic E-state index is 13.7. The Labute approximate surface area is 119 Å². The molecule has 0 unspecified atom stereocenters. The number of benzene rings is 2. The van der Waals surface area contributed by atoms with Crippen molar-refractivity contribution in [1.29, 1.82) is 0 Å². The molecule has 0 heterocycles. The summed E-state index contributed by atoms with van der Waals surface area (Å²) in [5, 5.41) is 9.88. The number of aryl methyl sites for hydroxylation is 2. The number of hydrogen-bond donors (Lipinski definition) is 1. The lowest BCUT2D eigenvalue weighted by atomic mass is 10.0. The molecule has 2 rings (SSSR count). The van der Waals surface area contributed by atoms with Crippen molar-refractivity contribution in [2.24, 2.45) is 0 Å². The summed E-state index contributed by atoms with van der Waals surface area (Å²) in [5.74, 6) is -0.290. The van der Waals surface area contributed by atoms with Gasteiger partial charge in [-0.2, -0.15) is 0 Å². The monoisotopic (exact) mass is 273 g/mol. The molecule has 0 aliphatic heterocycles. The van der Waals surface area contributed by atoms with Crippen LogP contribution in [0.1, 0.15) is 29.7 Å². The molecule has 0 aliphatic rings. The average molecular weight is 273 g/mol. The van der Waals surface area contributed by atoms with Crippen molar-refractivity contribution >= 4 is 11.4 Å². The summed E-state index contributed by atoms with van der Waals surface area (Å²) in [6.07, 6.45) is -0.715. The third kappa shape index (κ3) is 2.83. The minimum absolute atomic E-state index is 0.290. The fourth-order valence-corrected chi connectivity index (χ4v) is 2.28. The Balaban J connectivity index is 2.53. The molecule has 20 heavy (non-hydrogen) atoms. The lowest BCUT2D eigenvalue weighted by Crippen LogP contribution is -2.14. The molecule has 0 radical (unpaired) electrons. The topological polar surface area (TPSA) is 23.5 Å². The SMILES string of the molecule is Cc1cccc(N(C)c2cc(C)c(F)cc2[C@@H](C)O)c1. The molecule has 2 nitrogen and oxygen atoms in total. The van der Waals surface area contributed by atoms with Crippen LogP contribution < -0.4 is 4.90 Å². The highest BCUT2D eigenvalue weighted by Crippen LogP contribution is 2.33. The molecule has 0 spiro atoms. The van der Waals surface area contributed by atoms with Gasteiger partial charge in [0.25, 0.3) is 0 Å². The van der Waals surface area contributed by atoms with E-state index in [1.54, 1.807) is 19.9 Å². The van der Waals surface area contributed by atoms with Gasteiger partial charge in [0.05, 0.1) is 6.10 Å². The molecule has 3 heteroatoms. The van der Waals surface area contributed by atoms with E-state index in [0.29, 0.717) is 11.1 Å². The molecule has 2 aromatic carbocycles. The number of halogens is 1. The Hall–Kier alpha value is -1.87. The smallest absolute Gasteiger partial charge is 0.126 e. The summed E-state index contributed by atoms with van der Waals surface area (Å²) in [6.45, 7) is 5.41. The van der Waals surface area contributed by atoms with Crippen molar-refractivity contribution in [3.63, 3.8) is 0 Å². The van der Waals surface area contributed by atoms with Gasteiger partial charge in [-0.05, 0) is 56.2 Å². The predicted molar refractivity (Wildman–Crippen MR) is 81.0 cm³/mol. The van der Waals surface area contributed by atoms with Crippen LogP contribution >= 0.6 is 0 Å². The quantitative estimate of drug-likeness (QED) is 0.903. The van der Waals surface area contributed by atoms with Crippen LogP contribution in [0.4, 0.5) is 15.8 Å². The normalized spacial score (nSPS) is 12.3. The van der Waals surface area contributed by atoms with Gasteiger partial charge in [-0.1, -0.05) is 12.1 Å². The standard InChI is InChI=1S/C17H20FNO/c1-11-6-5-7-14(8-11)19(4)17-9-12(2)16(18)10-15(17)13(3)20/h5-10,13,20H,1-4H3/t13-/m1/s1. The minimum Gasteiger partial charge on any atom is -0.389 e. The lowest BCUT2D eigenvalue weighted by molar-refractivity contribution is 0.199. The van der Waals surface area contributed by atoms with E-state index in [1.807, 2.05) is 37.1 Å². The Morgan fingerprint density at radius 1 is 1.15 bits per heavy atom. The fraction of sp³-hybridized carbons (Fsp3) is 0.294. The summed E-state index contributed by atoms with van der Waals surface area (Å²) >= 11 is 0. The van der Waals surface area contributed by atoms with E-state index >= 15 is 0 Å². The van der Waals surface area contributed by atoms with Crippen LogP contribution in [0.5, 0.6) is 0 Å². The number of rotatable bonds is 3. The van der Waals surface area contributed by atoms with Crippen molar-refractivity contribution < 1.29 is 9.50 Å². The second-order valence-corrected chi connectivity index (χ2v) is 5.23. The fourth-order valence-electron chi connectivity index (χ4n) is 2.28. The first-order valence-electron chi connectivity index (χ1n) is 6.68. The van der Waals surface area contributed by atoms with Gasteiger partial charge >= 0.3 is 0 Å². The Bertz CT molecular complexity index is 622. The Morgan fingerprint density at radius 3 is 2.45 bits per heavy atom. The van der Waals surface area contributed by atoms with Crippen molar-refractivity contribution in [3.05, 3.63) is 58.9 Å². The van der Waals surface area contributed by atoms with Gasteiger partial charge < -0.3 is 10.0 Å². The molecule has 0 aromatic heterocycles. The van der Waals surface area contributed by atoms with Crippen LogP contribution in [-0.4, -0.2) is 12.2 Å². The average Bonchev–Trinajstić information content (AvgIpc) is 2.40. The van der Waals surface area contributed by atoms with Crippen LogP contribution in [0.3, 0.4) is 0 Å². The van der Waals surface area contributed by atoms with Crippen LogP contribution in [0, 0.1) is 19.7 Å². The van der Waals surface area contributed by atoms with Gasteiger partial charge in [0.1, 0.15) is 5.82 Å². The van der Waals surface area contributed by atoms with Crippen LogP contribution in [0.25, 0.3) is 0 Å². The molecule has 2 aromatic rings.